The van der Waals surface area contributed by atoms with Gasteiger partial charge in [-0.15, -0.1) is 0 Å². The van der Waals surface area contributed by atoms with E-state index in [1.54, 1.807) is 6.26 Å². The van der Waals surface area contributed by atoms with E-state index < -0.39 is 0 Å². The largest absolute Gasteiger partial charge is 0.466 e. The predicted molar refractivity (Wildman–Crippen MR) is 73.1 cm³/mol. The normalized spacial score (nSPS) is 15.9. The zero-order valence-electron chi connectivity index (χ0n) is 11.2. The van der Waals surface area contributed by atoms with Crippen LogP contribution in [0.25, 0.3) is 0 Å². The molecule has 4 heteroatoms. The van der Waals surface area contributed by atoms with Crippen LogP contribution in [0.3, 0.4) is 0 Å². The van der Waals surface area contributed by atoms with Gasteiger partial charge in [-0.3, -0.25) is 0 Å². The molecule has 0 aromatic carbocycles. The molecule has 1 rings (SSSR count). The van der Waals surface area contributed by atoms with E-state index in [9.17, 15) is 0 Å². The second-order valence-corrected chi connectivity index (χ2v) is 6.00. The highest BCUT2D eigenvalue weighted by Crippen LogP contribution is 2.35. The van der Waals surface area contributed by atoms with Gasteiger partial charge in [-0.2, -0.15) is 0 Å². The fraction of sp³-hybridized carbons (Fsp3) is 0.692. The third-order valence-corrected chi connectivity index (χ3v) is 3.40. The molecule has 0 amide bonds. The van der Waals surface area contributed by atoms with Gasteiger partial charge in [-0.1, -0.05) is 20.8 Å². The Bertz CT molecular complexity index is 343. The van der Waals surface area contributed by atoms with Crippen molar-refractivity contribution in [3.63, 3.8) is 0 Å². The molecule has 2 atom stereocenters. The fourth-order valence-electron chi connectivity index (χ4n) is 1.97. The molecule has 98 valence electrons. The molecule has 0 radical (unpaired) electrons. The first-order valence-corrected chi connectivity index (χ1v) is 6.72. The highest BCUT2D eigenvalue weighted by molar-refractivity contribution is 9.10. The molecule has 1 aromatic heterocycles. The second kappa shape index (κ2) is 6.03. The molecule has 0 bridgehead atoms. The molecule has 0 aliphatic rings. The van der Waals surface area contributed by atoms with E-state index in [-0.39, 0.29) is 17.6 Å². The molecule has 3 nitrogen and oxygen atoms in total. The molecule has 1 heterocycles. The van der Waals surface area contributed by atoms with Crippen LogP contribution in [0.2, 0.25) is 0 Å². The summed E-state index contributed by atoms with van der Waals surface area (Å²) in [7, 11) is 1.93. The van der Waals surface area contributed by atoms with E-state index in [4.69, 9.17) is 9.15 Å². The minimum atomic E-state index is 0.0376. The molecule has 0 saturated carbocycles. The molecule has 1 N–H and O–H groups in total. The summed E-state index contributed by atoms with van der Waals surface area (Å²) in [5.74, 6) is 0.890. The van der Waals surface area contributed by atoms with Crippen LogP contribution in [0.15, 0.2) is 21.2 Å². The third-order valence-electron chi connectivity index (χ3n) is 2.74. The zero-order chi connectivity index (χ0) is 13.1. The topological polar surface area (TPSA) is 34.4 Å². The van der Waals surface area contributed by atoms with Crippen LogP contribution >= 0.6 is 15.9 Å². The van der Waals surface area contributed by atoms with Gasteiger partial charge in [0.25, 0.3) is 0 Å². The maximum atomic E-state index is 5.89. The van der Waals surface area contributed by atoms with Crippen LogP contribution in [0.1, 0.15) is 39.5 Å². The Morgan fingerprint density at radius 1 is 1.47 bits per heavy atom. The number of nitrogens with one attached hydrogen (secondary N) is 1. The lowest BCUT2D eigenvalue weighted by Gasteiger charge is -2.35. The summed E-state index contributed by atoms with van der Waals surface area (Å²) in [6.45, 7) is 9.23. The molecule has 1 aromatic rings. The van der Waals surface area contributed by atoms with E-state index in [0.717, 1.165) is 10.2 Å². The van der Waals surface area contributed by atoms with Crippen molar-refractivity contribution in [2.75, 3.05) is 13.7 Å². The van der Waals surface area contributed by atoms with E-state index in [0.29, 0.717) is 6.61 Å². The van der Waals surface area contributed by atoms with Gasteiger partial charge in [-0.05, 0) is 41.4 Å². The Morgan fingerprint density at radius 2 is 2.12 bits per heavy atom. The number of hydrogen-bond donors (Lipinski definition) is 1. The lowest BCUT2D eigenvalue weighted by atomic mass is 9.83. The standard InChI is InChI=1S/C13H22BrNO2/c1-6-16-12(13(2,3)4)10(15-5)11-9(14)7-8-17-11/h7-8,10,12,15H,6H2,1-5H3. The van der Waals surface area contributed by atoms with Crippen molar-refractivity contribution in [2.45, 2.75) is 39.8 Å². The fourth-order valence-corrected chi connectivity index (χ4v) is 2.42. The van der Waals surface area contributed by atoms with Crippen LogP contribution in [0.5, 0.6) is 0 Å². The van der Waals surface area contributed by atoms with Crippen LogP contribution in [-0.2, 0) is 4.74 Å². The monoisotopic (exact) mass is 303 g/mol. The van der Waals surface area contributed by atoms with Gasteiger partial charge in [-0.25, -0.2) is 0 Å². The van der Waals surface area contributed by atoms with Crippen LogP contribution in [0.4, 0.5) is 0 Å². The van der Waals surface area contributed by atoms with Gasteiger partial charge in [0.1, 0.15) is 5.76 Å². The lowest BCUT2D eigenvalue weighted by molar-refractivity contribution is -0.0394. The predicted octanol–water partition coefficient (Wildman–Crippen LogP) is 3.75. The van der Waals surface area contributed by atoms with Crippen LogP contribution in [0, 0.1) is 5.41 Å². The summed E-state index contributed by atoms with van der Waals surface area (Å²) < 4.78 is 12.4. The molecular formula is C13H22BrNO2. The zero-order valence-corrected chi connectivity index (χ0v) is 12.8. The molecular weight excluding hydrogens is 282 g/mol. The molecule has 0 aliphatic carbocycles. The van der Waals surface area contributed by atoms with Crippen molar-refractivity contribution in [3.8, 4) is 0 Å². The van der Waals surface area contributed by atoms with Crippen molar-refractivity contribution < 1.29 is 9.15 Å². The van der Waals surface area contributed by atoms with Gasteiger partial charge in [0.2, 0.25) is 0 Å². The summed E-state index contributed by atoms with van der Waals surface area (Å²) >= 11 is 3.50. The Labute approximate surface area is 112 Å². The number of furan rings is 1. The van der Waals surface area contributed by atoms with Crippen LogP contribution < -0.4 is 5.32 Å². The summed E-state index contributed by atoms with van der Waals surface area (Å²) in [6, 6.07) is 1.95. The number of hydrogen-bond acceptors (Lipinski definition) is 3. The SMILES string of the molecule is CCOC(C(NC)c1occc1Br)C(C)(C)C. The van der Waals surface area contributed by atoms with Gasteiger partial charge in [0.15, 0.2) is 0 Å². The maximum absolute atomic E-state index is 5.89. The maximum Gasteiger partial charge on any atom is 0.137 e. The summed E-state index contributed by atoms with van der Waals surface area (Å²) in [5, 5.41) is 3.29. The summed E-state index contributed by atoms with van der Waals surface area (Å²) in [6.07, 6.45) is 1.75. The minimum Gasteiger partial charge on any atom is -0.466 e. The second-order valence-electron chi connectivity index (χ2n) is 5.14. The van der Waals surface area contributed by atoms with E-state index in [2.05, 4.69) is 42.0 Å². The molecule has 17 heavy (non-hydrogen) atoms. The van der Waals surface area contributed by atoms with Crippen molar-refractivity contribution in [3.05, 3.63) is 22.6 Å². The van der Waals surface area contributed by atoms with E-state index in [1.165, 1.54) is 0 Å². The van der Waals surface area contributed by atoms with Gasteiger partial charge in [0.05, 0.1) is 22.9 Å². The summed E-state index contributed by atoms with van der Waals surface area (Å²) in [4.78, 5) is 0. The average molecular weight is 304 g/mol. The molecule has 0 saturated heterocycles. The first kappa shape index (κ1) is 14.7. The van der Waals surface area contributed by atoms with Crippen molar-refractivity contribution in [2.24, 2.45) is 5.41 Å². The Morgan fingerprint density at radius 3 is 2.47 bits per heavy atom. The highest BCUT2D eigenvalue weighted by Gasteiger charge is 2.35. The number of likely N-dealkylation sites (N-methyl/N-ethyl adjacent to an activating group) is 1. The minimum absolute atomic E-state index is 0.0376. The smallest absolute Gasteiger partial charge is 0.137 e. The molecule has 0 spiro atoms. The highest BCUT2D eigenvalue weighted by atomic mass is 79.9. The summed E-state index contributed by atoms with van der Waals surface area (Å²) in [5.41, 5.74) is 0.0376. The Hall–Kier alpha value is -0.320. The van der Waals surface area contributed by atoms with E-state index in [1.807, 2.05) is 20.0 Å². The van der Waals surface area contributed by atoms with E-state index >= 15 is 0 Å². The van der Waals surface area contributed by atoms with Crippen molar-refractivity contribution in [1.82, 2.24) is 5.32 Å². The van der Waals surface area contributed by atoms with Gasteiger partial charge >= 0.3 is 0 Å². The molecule has 0 fully saturated rings. The van der Waals surface area contributed by atoms with Gasteiger partial charge in [0, 0.05) is 6.61 Å². The third kappa shape index (κ3) is 3.57. The van der Waals surface area contributed by atoms with Gasteiger partial charge < -0.3 is 14.5 Å². The van der Waals surface area contributed by atoms with Crippen molar-refractivity contribution in [1.29, 1.82) is 0 Å². The average Bonchev–Trinajstić information content (AvgIpc) is 2.63. The molecule has 2 unspecified atom stereocenters. The Kier molecular flexibility index (Phi) is 5.22. The first-order chi connectivity index (χ1) is 7.91. The Balaban J connectivity index is 3.02. The van der Waals surface area contributed by atoms with Crippen molar-refractivity contribution >= 4 is 15.9 Å². The first-order valence-electron chi connectivity index (χ1n) is 5.93. The van der Waals surface area contributed by atoms with Crippen LogP contribution in [-0.4, -0.2) is 19.8 Å². The number of ether oxygens (including phenoxy) is 1. The quantitative estimate of drug-likeness (QED) is 0.899. The lowest BCUT2D eigenvalue weighted by Crippen LogP contribution is -2.41. The number of halogens is 1. The molecule has 0 aliphatic heterocycles. The number of rotatable bonds is 5.